The lowest BCUT2D eigenvalue weighted by molar-refractivity contribution is -0.133. The van der Waals surface area contributed by atoms with Gasteiger partial charge in [0, 0.05) is 11.8 Å². The summed E-state index contributed by atoms with van der Waals surface area (Å²) in [6.45, 7) is 0.552. The van der Waals surface area contributed by atoms with E-state index in [1.807, 2.05) is 0 Å². The number of rotatable bonds is 7. The number of hydrogen-bond donors (Lipinski definition) is 2. The van der Waals surface area contributed by atoms with Crippen LogP contribution in [-0.2, 0) is 4.79 Å². The second-order valence-corrected chi connectivity index (χ2v) is 5.96. The summed E-state index contributed by atoms with van der Waals surface area (Å²) in [7, 11) is 0. The number of amides is 1. The molecule has 0 saturated carbocycles. The second kappa shape index (κ2) is 9.14. The Kier molecular flexibility index (Phi) is 6.91. The molecular weight excluding hydrogens is 359 g/mol. The largest absolute Gasteiger partial charge is 0.386 e. The quantitative estimate of drug-likeness (QED) is 0.776. The number of alkyl halides is 3. The number of nitrogens with zero attached hydrogens (tertiary/aromatic N) is 2. The van der Waals surface area contributed by atoms with E-state index in [9.17, 15) is 23.1 Å². The lowest BCUT2D eigenvalue weighted by Gasteiger charge is -2.22. The monoisotopic (exact) mass is 377 g/mol. The van der Waals surface area contributed by atoms with E-state index in [0.717, 1.165) is 11.1 Å². The summed E-state index contributed by atoms with van der Waals surface area (Å²) in [6, 6.07) is 10.5. The number of carbonyl (C=O) groups excluding carboxylic acids is 1. The molecule has 1 amide bonds. The molecule has 2 aromatic rings. The number of aromatic nitrogens is 1. The molecule has 0 fully saturated rings. The van der Waals surface area contributed by atoms with E-state index in [2.05, 4.69) is 11.1 Å². The van der Waals surface area contributed by atoms with Crippen molar-refractivity contribution in [1.82, 2.24) is 10.3 Å². The van der Waals surface area contributed by atoms with Crippen molar-refractivity contribution in [2.45, 2.75) is 31.4 Å². The van der Waals surface area contributed by atoms with E-state index in [0.29, 0.717) is 5.69 Å². The highest BCUT2D eigenvalue weighted by molar-refractivity contribution is 5.79. The van der Waals surface area contributed by atoms with Crippen molar-refractivity contribution in [3.63, 3.8) is 0 Å². The van der Waals surface area contributed by atoms with Gasteiger partial charge in [-0.1, -0.05) is 30.3 Å². The first-order valence-electron chi connectivity index (χ1n) is 8.15. The minimum atomic E-state index is -3.28. The van der Waals surface area contributed by atoms with Gasteiger partial charge in [0.05, 0.1) is 23.7 Å². The number of hydrogen-bond acceptors (Lipinski definition) is 4. The van der Waals surface area contributed by atoms with E-state index >= 15 is 0 Å². The van der Waals surface area contributed by atoms with Crippen molar-refractivity contribution in [1.29, 1.82) is 5.26 Å². The molecule has 0 saturated heterocycles. The fourth-order valence-electron chi connectivity index (χ4n) is 2.45. The van der Waals surface area contributed by atoms with Crippen molar-refractivity contribution in [2.24, 2.45) is 0 Å². The third kappa shape index (κ3) is 5.05. The van der Waals surface area contributed by atoms with Gasteiger partial charge in [0.1, 0.15) is 12.8 Å². The summed E-state index contributed by atoms with van der Waals surface area (Å²) in [5.41, 5.74) is 2.47. The average Bonchev–Trinajstić information content (AvgIpc) is 2.70. The molecule has 0 aliphatic rings. The number of nitrogens with one attached hydrogen (secondary N) is 1. The SMILES string of the molecule is CC(C#N)c1ccc(-c2ccc([C@@H](O)[C@@H](CF)NC(=O)C(F)F)cc2)cn1. The van der Waals surface area contributed by atoms with Crippen molar-refractivity contribution in [2.75, 3.05) is 6.67 Å². The van der Waals surface area contributed by atoms with Gasteiger partial charge in [-0.25, -0.2) is 4.39 Å². The third-order valence-electron chi connectivity index (χ3n) is 4.08. The minimum absolute atomic E-state index is 0.277. The zero-order chi connectivity index (χ0) is 20.0. The Balaban J connectivity index is 2.14. The molecule has 2 rings (SSSR count). The van der Waals surface area contributed by atoms with Crippen LogP contribution in [-0.4, -0.2) is 35.1 Å². The molecule has 1 unspecified atom stereocenters. The first-order valence-corrected chi connectivity index (χ1v) is 8.15. The zero-order valence-corrected chi connectivity index (χ0v) is 14.4. The van der Waals surface area contributed by atoms with Crippen molar-refractivity contribution < 1.29 is 23.1 Å². The number of aliphatic hydroxyl groups is 1. The smallest absolute Gasteiger partial charge is 0.315 e. The predicted octanol–water partition coefficient (Wildman–Crippen LogP) is 3.13. The number of benzene rings is 1. The Hall–Kier alpha value is -2.92. The molecule has 5 nitrogen and oxygen atoms in total. The highest BCUT2D eigenvalue weighted by Crippen LogP contribution is 2.24. The van der Waals surface area contributed by atoms with Crippen LogP contribution in [0.25, 0.3) is 11.1 Å². The Morgan fingerprint density at radius 3 is 2.33 bits per heavy atom. The van der Waals surface area contributed by atoms with Crippen LogP contribution < -0.4 is 5.32 Å². The van der Waals surface area contributed by atoms with Gasteiger partial charge in [-0.15, -0.1) is 0 Å². The van der Waals surface area contributed by atoms with Crippen LogP contribution in [0.3, 0.4) is 0 Å². The fourth-order valence-corrected chi connectivity index (χ4v) is 2.45. The van der Waals surface area contributed by atoms with E-state index in [-0.39, 0.29) is 11.5 Å². The standard InChI is InChI=1S/C19H18F3N3O2/c1-11(9-23)15-7-6-14(10-24-15)12-2-4-13(5-3-12)17(26)16(8-20)25-19(27)18(21)22/h2-7,10-11,16-18,26H,8H2,1H3,(H,25,27)/t11?,16-,17-/m1/s1. The van der Waals surface area contributed by atoms with Crippen molar-refractivity contribution in [3.05, 3.63) is 53.9 Å². The van der Waals surface area contributed by atoms with Crippen LogP contribution in [0.2, 0.25) is 0 Å². The maximum atomic E-state index is 13.0. The molecule has 1 aromatic heterocycles. The van der Waals surface area contributed by atoms with Gasteiger partial charge in [0.15, 0.2) is 0 Å². The maximum absolute atomic E-state index is 13.0. The van der Waals surface area contributed by atoms with Gasteiger partial charge < -0.3 is 10.4 Å². The van der Waals surface area contributed by atoms with Crippen LogP contribution in [0.4, 0.5) is 13.2 Å². The number of nitriles is 1. The second-order valence-electron chi connectivity index (χ2n) is 5.96. The normalized spacial score (nSPS) is 14.3. The molecule has 0 radical (unpaired) electrons. The molecular formula is C19H18F3N3O2. The van der Waals surface area contributed by atoms with Crippen molar-refractivity contribution in [3.8, 4) is 17.2 Å². The highest BCUT2D eigenvalue weighted by Gasteiger charge is 2.26. The highest BCUT2D eigenvalue weighted by atomic mass is 19.3. The molecule has 0 spiro atoms. The van der Waals surface area contributed by atoms with Gasteiger partial charge >= 0.3 is 6.43 Å². The molecule has 142 valence electrons. The summed E-state index contributed by atoms with van der Waals surface area (Å²) in [4.78, 5) is 15.3. The minimum Gasteiger partial charge on any atom is -0.386 e. The maximum Gasteiger partial charge on any atom is 0.315 e. The van der Waals surface area contributed by atoms with Crippen LogP contribution >= 0.6 is 0 Å². The van der Waals surface area contributed by atoms with Gasteiger partial charge in [0.2, 0.25) is 0 Å². The molecule has 8 heteroatoms. The lowest BCUT2D eigenvalue weighted by atomic mass is 9.99. The summed E-state index contributed by atoms with van der Waals surface area (Å²) >= 11 is 0. The molecule has 1 heterocycles. The zero-order valence-electron chi connectivity index (χ0n) is 14.4. The third-order valence-corrected chi connectivity index (χ3v) is 4.08. The van der Waals surface area contributed by atoms with E-state index < -0.39 is 31.2 Å². The van der Waals surface area contributed by atoms with Crippen LogP contribution in [0, 0.1) is 11.3 Å². The molecule has 1 aromatic carbocycles. The van der Waals surface area contributed by atoms with Gasteiger partial charge in [-0.3, -0.25) is 9.78 Å². The molecule has 27 heavy (non-hydrogen) atoms. The number of aliphatic hydroxyl groups excluding tert-OH is 1. The summed E-state index contributed by atoms with van der Waals surface area (Å²) < 4.78 is 37.6. The molecule has 0 aliphatic carbocycles. The summed E-state index contributed by atoms with van der Waals surface area (Å²) in [5.74, 6) is -1.95. The Morgan fingerprint density at radius 1 is 1.22 bits per heavy atom. The first kappa shape index (κ1) is 20.4. The number of carbonyl (C=O) groups is 1. The molecule has 2 N–H and O–H groups in total. The number of halogens is 3. The van der Waals surface area contributed by atoms with E-state index in [1.165, 1.54) is 12.1 Å². The van der Waals surface area contributed by atoms with Crippen LogP contribution in [0.1, 0.15) is 30.2 Å². The first-order chi connectivity index (χ1) is 12.9. The van der Waals surface area contributed by atoms with Crippen LogP contribution in [0.5, 0.6) is 0 Å². The van der Waals surface area contributed by atoms with Gasteiger partial charge in [0.25, 0.3) is 5.91 Å². The van der Waals surface area contributed by atoms with Gasteiger partial charge in [-0.2, -0.15) is 14.0 Å². The van der Waals surface area contributed by atoms with E-state index in [1.54, 1.807) is 42.7 Å². The summed E-state index contributed by atoms with van der Waals surface area (Å²) in [5, 5.41) is 20.8. The molecule has 0 bridgehead atoms. The Morgan fingerprint density at radius 2 is 1.85 bits per heavy atom. The lowest BCUT2D eigenvalue weighted by Crippen LogP contribution is -2.43. The molecule has 0 aliphatic heterocycles. The summed E-state index contributed by atoms with van der Waals surface area (Å²) in [6.07, 6.45) is -3.14. The van der Waals surface area contributed by atoms with Crippen LogP contribution in [0.15, 0.2) is 42.6 Å². The topological polar surface area (TPSA) is 86.0 Å². The Labute approximate surface area is 154 Å². The van der Waals surface area contributed by atoms with Crippen molar-refractivity contribution >= 4 is 5.91 Å². The van der Waals surface area contributed by atoms with Gasteiger partial charge in [-0.05, 0) is 24.1 Å². The predicted molar refractivity (Wildman–Crippen MR) is 92.6 cm³/mol. The molecule has 3 atom stereocenters. The Bertz CT molecular complexity index is 804. The van der Waals surface area contributed by atoms with E-state index in [4.69, 9.17) is 5.26 Å². The fraction of sp³-hybridized carbons (Fsp3) is 0.316. The average molecular weight is 377 g/mol. The number of pyridine rings is 1.